The number of aromatic hydroxyl groups is 1. The van der Waals surface area contributed by atoms with Crippen LogP contribution in [0.1, 0.15) is 44.6 Å². The SMILES string of the molecule is C=C[C@H]1CNC2C3CCc4c(C(=O)NCc5cccc(Cl)c5F)c(=O)c(O)c(n43)C(=O)N21. The highest BCUT2D eigenvalue weighted by Gasteiger charge is 2.50. The number of nitrogens with zero attached hydrogens (tertiary/aromatic N) is 2. The summed E-state index contributed by atoms with van der Waals surface area (Å²) in [6.45, 7) is 4.10. The predicted octanol–water partition coefficient (Wildman–Crippen LogP) is 1.70. The standard InChI is InChI=1S/C22H20ClFN4O4/c1-2-11-9-25-20-14-7-6-13-15(18(29)19(30)17(28(13)14)22(32)27(11)20)21(31)26-8-10-4-3-5-12(23)16(10)24/h2-5,11,14,20,25,30H,1,6-9H2,(H,26,31)/t11-,14?,20?/m0/s1. The van der Waals surface area contributed by atoms with Crippen LogP contribution >= 0.6 is 11.6 Å². The topological polar surface area (TPSA) is 104 Å². The summed E-state index contributed by atoms with van der Waals surface area (Å²) in [4.78, 5) is 40.7. The average Bonchev–Trinajstić information content (AvgIpc) is 3.39. The second-order valence-electron chi connectivity index (χ2n) is 8.09. The van der Waals surface area contributed by atoms with E-state index in [1.807, 2.05) is 0 Å². The van der Waals surface area contributed by atoms with Crippen molar-refractivity contribution >= 4 is 23.4 Å². The highest BCUT2D eigenvalue weighted by Crippen LogP contribution is 2.41. The van der Waals surface area contributed by atoms with Gasteiger partial charge in [0.1, 0.15) is 17.5 Å². The first kappa shape index (κ1) is 20.7. The summed E-state index contributed by atoms with van der Waals surface area (Å²) in [7, 11) is 0. The molecule has 0 aliphatic carbocycles. The molecule has 5 rings (SSSR count). The Hall–Kier alpha value is -3.17. The molecule has 3 atom stereocenters. The van der Waals surface area contributed by atoms with Crippen LogP contribution in [0, 0.1) is 5.82 Å². The Morgan fingerprint density at radius 1 is 1.41 bits per heavy atom. The van der Waals surface area contributed by atoms with E-state index in [0.717, 1.165) is 0 Å². The van der Waals surface area contributed by atoms with Crippen LogP contribution in [0.25, 0.3) is 0 Å². The normalized spacial score (nSPS) is 23.1. The van der Waals surface area contributed by atoms with Gasteiger partial charge in [0, 0.05) is 24.3 Å². The average molecular weight is 459 g/mol. The van der Waals surface area contributed by atoms with E-state index < -0.39 is 28.8 Å². The first-order valence-corrected chi connectivity index (χ1v) is 10.6. The first-order chi connectivity index (χ1) is 15.3. The molecule has 3 aliphatic heterocycles. The van der Waals surface area contributed by atoms with Gasteiger partial charge in [-0.3, -0.25) is 19.7 Å². The number of aromatic nitrogens is 1. The molecule has 1 fully saturated rings. The third kappa shape index (κ3) is 2.81. The third-order valence-corrected chi connectivity index (χ3v) is 6.75. The number of hydrogen-bond donors (Lipinski definition) is 3. The molecule has 32 heavy (non-hydrogen) atoms. The van der Waals surface area contributed by atoms with Gasteiger partial charge >= 0.3 is 0 Å². The van der Waals surface area contributed by atoms with Crippen LogP contribution in [0.5, 0.6) is 5.75 Å². The smallest absolute Gasteiger partial charge is 0.276 e. The largest absolute Gasteiger partial charge is 0.503 e. The van der Waals surface area contributed by atoms with Gasteiger partial charge in [-0.05, 0) is 18.9 Å². The minimum atomic E-state index is -0.912. The second kappa shape index (κ2) is 7.46. The van der Waals surface area contributed by atoms with Crippen molar-refractivity contribution in [2.75, 3.05) is 6.54 Å². The molecule has 0 saturated carbocycles. The fourth-order valence-corrected chi connectivity index (χ4v) is 5.19. The van der Waals surface area contributed by atoms with Crippen LogP contribution in [0.2, 0.25) is 5.02 Å². The van der Waals surface area contributed by atoms with Crippen LogP contribution < -0.4 is 16.1 Å². The van der Waals surface area contributed by atoms with Crippen LogP contribution in [0.15, 0.2) is 35.6 Å². The number of benzene rings is 1. The van der Waals surface area contributed by atoms with Gasteiger partial charge < -0.3 is 19.9 Å². The fraction of sp³-hybridized carbons (Fsp3) is 0.318. The molecular weight excluding hydrogens is 439 g/mol. The van der Waals surface area contributed by atoms with E-state index in [1.54, 1.807) is 21.6 Å². The molecule has 0 spiro atoms. The van der Waals surface area contributed by atoms with Crippen molar-refractivity contribution in [1.82, 2.24) is 20.1 Å². The van der Waals surface area contributed by atoms with Crippen molar-refractivity contribution in [3.05, 3.63) is 74.4 Å². The molecule has 1 saturated heterocycles. The second-order valence-corrected chi connectivity index (χ2v) is 8.50. The summed E-state index contributed by atoms with van der Waals surface area (Å²) in [6.07, 6.45) is 2.31. The lowest BCUT2D eigenvalue weighted by Crippen LogP contribution is -2.53. The van der Waals surface area contributed by atoms with Gasteiger partial charge in [-0.15, -0.1) is 6.58 Å². The van der Waals surface area contributed by atoms with E-state index in [1.165, 1.54) is 12.1 Å². The number of pyridine rings is 1. The van der Waals surface area contributed by atoms with Gasteiger partial charge in [-0.25, -0.2) is 4.39 Å². The van der Waals surface area contributed by atoms with E-state index >= 15 is 0 Å². The molecule has 2 unspecified atom stereocenters. The highest BCUT2D eigenvalue weighted by atomic mass is 35.5. The van der Waals surface area contributed by atoms with E-state index in [9.17, 15) is 23.9 Å². The van der Waals surface area contributed by atoms with E-state index in [2.05, 4.69) is 17.2 Å². The molecule has 2 amide bonds. The van der Waals surface area contributed by atoms with E-state index in [-0.39, 0.29) is 46.6 Å². The molecule has 0 bridgehead atoms. The fourth-order valence-electron chi connectivity index (χ4n) is 5.00. The lowest BCUT2D eigenvalue weighted by Gasteiger charge is -2.39. The molecule has 10 heteroatoms. The van der Waals surface area contributed by atoms with Crippen LogP contribution in [0.3, 0.4) is 0 Å². The maximum atomic E-state index is 14.2. The summed E-state index contributed by atoms with van der Waals surface area (Å²) in [6, 6.07) is 3.94. The number of halogens is 2. The van der Waals surface area contributed by atoms with Gasteiger partial charge in [0.2, 0.25) is 5.43 Å². The lowest BCUT2D eigenvalue weighted by molar-refractivity contribution is 0.0545. The first-order valence-electron chi connectivity index (χ1n) is 10.2. The number of nitrogens with one attached hydrogen (secondary N) is 2. The summed E-state index contributed by atoms with van der Waals surface area (Å²) in [5.74, 6) is -2.63. The Labute approximate surface area is 187 Å². The maximum Gasteiger partial charge on any atom is 0.276 e. The van der Waals surface area contributed by atoms with Gasteiger partial charge in [0.25, 0.3) is 11.8 Å². The van der Waals surface area contributed by atoms with E-state index in [0.29, 0.717) is 25.1 Å². The molecule has 3 N–H and O–H groups in total. The molecule has 2 aromatic rings. The number of hydrogen-bond acceptors (Lipinski definition) is 5. The van der Waals surface area contributed by atoms with Crippen molar-refractivity contribution in [1.29, 1.82) is 0 Å². The zero-order valence-electron chi connectivity index (χ0n) is 16.9. The summed E-state index contributed by atoms with van der Waals surface area (Å²) in [5, 5.41) is 16.4. The number of carbonyl (C=O) groups is 2. The van der Waals surface area contributed by atoms with Crippen molar-refractivity contribution in [2.45, 2.75) is 37.6 Å². The van der Waals surface area contributed by atoms with Crippen molar-refractivity contribution in [3.8, 4) is 5.75 Å². The number of amides is 2. The van der Waals surface area contributed by atoms with Crippen molar-refractivity contribution in [2.24, 2.45) is 0 Å². The Morgan fingerprint density at radius 3 is 2.94 bits per heavy atom. The van der Waals surface area contributed by atoms with Crippen LogP contribution in [-0.4, -0.2) is 45.1 Å². The molecule has 8 nitrogen and oxygen atoms in total. The van der Waals surface area contributed by atoms with Crippen LogP contribution in [-0.2, 0) is 13.0 Å². The summed E-state index contributed by atoms with van der Waals surface area (Å²) >= 11 is 5.78. The van der Waals surface area contributed by atoms with Crippen molar-refractivity contribution in [3.63, 3.8) is 0 Å². The Balaban J connectivity index is 1.55. The maximum absolute atomic E-state index is 14.2. The van der Waals surface area contributed by atoms with Gasteiger partial charge in [-0.2, -0.15) is 0 Å². The minimum Gasteiger partial charge on any atom is -0.503 e. The number of rotatable bonds is 4. The quantitative estimate of drug-likeness (QED) is 0.605. The number of fused-ring (bicyclic) bond motifs is 2. The van der Waals surface area contributed by atoms with Crippen molar-refractivity contribution < 1.29 is 19.1 Å². The Bertz CT molecular complexity index is 1240. The minimum absolute atomic E-state index is 0.0744. The lowest BCUT2D eigenvalue weighted by atomic mass is 10.1. The molecule has 166 valence electrons. The van der Waals surface area contributed by atoms with Gasteiger partial charge in [-0.1, -0.05) is 29.8 Å². The zero-order chi connectivity index (χ0) is 22.7. The third-order valence-electron chi connectivity index (χ3n) is 6.46. The monoisotopic (exact) mass is 458 g/mol. The Morgan fingerprint density at radius 2 is 2.19 bits per heavy atom. The van der Waals surface area contributed by atoms with Gasteiger partial charge in [0.15, 0.2) is 11.4 Å². The summed E-state index contributed by atoms with van der Waals surface area (Å²) < 4.78 is 15.8. The molecule has 0 radical (unpaired) electrons. The Kier molecular flexibility index (Phi) is 4.83. The van der Waals surface area contributed by atoms with Gasteiger partial charge in [0.05, 0.1) is 17.1 Å². The molecule has 3 aliphatic rings. The highest BCUT2D eigenvalue weighted by molar-refractivity contribution is 6.30. The molecule has 4 heterocycles. The summed E-state index contributed by atoms with van der Waals surface area (Å²) in [5.41, 5.74) is -0.676. The molecular formula is C22H20ClFN4O4. The number of carbonyl (C=O) groups excluding carboxylic acids is 2. The predicted molar refractivity (Wildman–Crippen MR) is 114 cm³/mol. The van der Waals surface area contributed by atoms with Crippen LogP contribution in [0.4, 0.5) is 4.39 Å². The zero-order valence-corrected chi connectivity index (χ0v) is 17.7. The molecule has 1 aromatic carbocycles. The van der Waals surface area contributed by atoms with E-state index in [4.69, 9.17) is 11.6 Å². The molecule has 1 aromatic heterocycles.